The molecule has 0 atom stereocenters. The highest BCUT2D eigenvalue weighted by atomic mass is 32.2. The smallest absolute Gasteiger partial charge is 0.227 e. The maximum Gasteiger partial charge on any atom is 0.227 e. The molecule has 7 heteroatoms. The predicted molar refractivity (Wildman–Crippen MR) is 100 cm³/mol. The van der Waals surface area contributed by atoms with Crippen LogP contribution in [0.1, 0.15) is 32.1 Å². The minimum Gasteiger partial charge on any atom is -0.369 e. The van der Waals surface area contributed by atoms with E-state index in [4.69, 9.17) is 0 Å². The van der Waals surface area contributed by atoms with E-state index in [-0.39, 0.29) is 11.8 Å². The second-order valence-electron chi connectivity index (χ2n) is 7.02. The van der Waals surface area contributed by atoms with Gasteiger partial charge in [-0.1, -0.05) is 25.3 Å². The van der Waals surface area contributed by atoms with Crippen molar-refractivity contribution in [3.63, 3.8) is 0 Å². The van der Waals surface area contributed by atoms with Gasteiger partial charge in [-0.15, -0.1) is 0 Å². The number of carbonyl (C=O) groups is 1. The molecule has 1 heterocycles. The van der Waals surface area contributed by atoms with Crippen LogP contribution in [0.25, 0.3) is 0 Å². The van der Waals surface area contributed by atoms with Crippen molar-refractivity contribution in [2.45, 2.75) is 32.1 Å². The topological polar surface area (TPSA) is 69.7 Å². The fourth-order valence-corrected chi connectivity index (χ4v) is 4.49. The monoisotopic (exact) mass is 365 g/mol. The Balaban J connectivity index is 1.61. The number of nitrogens with one attached hydrogen (secondary N) is 1. The molecule has 0 aromatic heterocycles. The Labute approximate surface area is 150 Å². The highest BCUT2D eigenvalue weighted by Crippen LogP contribution is 2.26. The van der Waals surface area contributed by atoms with E-state index in [9.17, 15) is 13.2 Å². The number of amides is 1. The lowest BCUT2D eigenvalue weighted by molar-refractivity contribution is -0.120. The van der Waals surface area contributed by atoms with E-state index >= 15 is 0 Å². The zero-order chi connectivity index (χ0) is 17.9. The average molecular weight is 365 g/mol. The van der Waals surface area contributed by atoms with Crippen molar-refractivity contribution in [3.05, 3.63) is 24.3 Å². The van der Waals surface area contributed by atoms with Crippen LogP contribution in [0, 0.1) is 5.92 Å². The molecule has 1 aromatic rings. The number of anilines is 2. The number of hydrogen-bond donors (Lipinski definition) is 1. The van der Waals surface area contributed by atoms with Crippen molar-refractivity contribution in [1.29, 1.82) is 0 Å². The lowest BCUT2D eigenvalue weighted by atomic mass is 9.88. The van der Waals surface area contributed by atoms with Crippen LogP contribution in [0.15, 0.2) is 24.3 Å². The number of benzene rings is 1. The fourth-order valence-electron chi connectivity index (χ4n) is 3.67. The predicted octanol–water partition coefficient (Wildman–Crippen LogP) is 2.29. The van der Waals surface area contributed by atoms with E-state index in [1.165, 1.54) is 17.0 Å². The molecule has 6 nitrogen and oxygen atoms in total. The molecule has 138 valence electrons. The molecule has 1 N–H and O–H groups in total. The molecule has 2 aliphatic rings. The van der Waals surface area contributed by atoms with Crippen LogP contribution in [-0.2, 0) is 14.8 Å². The molecule has 25 heavy (non-hydrogen) atoms. The summed E-state index contributed by atoms with van der Waals surface area (Å²) >= 11 is 0. The third kappa shape index (κ3) is 4.73. The van der Waals surface area contributed by atoms with Crippen LogP contribution in [0.4, 0.5) is 11.4 Å². The molecule has 0 spiro atoms. The van der Waals surface area contributed by atoms with Gasteiger partial charge < -0.3 is 10.2 Å². The average Bonchev–Trinajstić information content (AvgIpc) is 2.62. The van der Waals surface area contributed by atoms with Crippen LogP contribution in [0.5, 0.6) is 0 Å². The number of sulfonamides is 1. The van der Waals surface area contributed by atoms with Crippen molar-refractivity contribution < 1.29 is 13.2 Å². The summed E-state index contributed by atoms with van der Waals surface area (Å²) in [6.45, 7) is 2.31. The summed E-state index contributed by atoms with van der Waals surface area (Å²) in [6.07, 6.45) is 6.74. The van der Waals surface area contributed by atoms with Crippen LogP contribution < -0.4 is 10.2 Å². The quantitative estimate of drug-likeness (QED) is 0.889. The van der Waals surface area contributed by atoms with Gasteiger partial charge in [0.2, 0.25) is 15.9 Å². The second-order valence-corrected chi connectivity index (χ2v) is 9.01. The molecular weight excluding hydrogens is 338 g/mol. The number of rotatable bonds is 4. The Hall–Kier alpha value is -1.60. The first kappa shape index (κ1) is 18.2. The van der Waals surface area contributed by atoms with Crippen LogP contribution in [0.3, 0.4) is 0 Å². The summed E-state index contributed by atoms with van der Waals surface area (Å²) in [6, 6.07) is 7.84. The molecule has 1 aromatic carbocycles. The lowest BCUT2D eigenvalue weighted by Gasteiger charge is -2.35. The van der Waals surface area contributed by atoms with Gasteiger partial charge in [0.05, 0.1) is 6.26 Å². The number of carbonyl (C=O) groups excluding carboxylic acids is 1. The van der Waals surface area contributed by atoms with E-state index in [0.717, 1.165) is 37.1 Å². The zero-order valence-corrected chi connectivity index (χ0v) is 15.6. The molecule has 0 radical (unpaired) electrons. The Kier molecular flexibility index (Phi) is 5.64. The Bertz CT molecular complexity index is 706. The van der Waals surface area contributed by atoms with Gasteiger partial charge in [0.15, 0.2) is 0 Å². The number of hydrogen-bond acceptors (Lipinski definition) is 4. The fraction of sp³-hybridized carbons (Fsp3) is 0.611. The Morgan fingerprint density at radius 2 is 1.76 bits per heavy atom. The maximum absolute atomic E-state index is 12.4. The van der Waals surface area contributed by atoms with Gasteiger partial charge in [0.25, 0.3) is 0 Å². The third-order valence-electron chi connectivity index (χ3n) is 5.16. The Morgan fingerprint density at radius 1 is 1.08 bits per heavy atom. The molecule has 2 fully saturated rings. The summed E-state index contributed by atoms with van der Waals surface area (Å²) in [7, 11) is -3.12. The highest BCUT2D eigenvalue weighted by molar-refractivity contribution is 7.88. The van der Waals surface area contributed by atoms with Gasteiger partial charge in [-0.2, -0.15) is 4.31 Å². The summed E-state index contributed by atoms with van der Waals surface area (Å²) in [5.41, 5.74) is 1.84. The van der Waals surface area contributed by atoms with Crippen molar-refractivity contribution in [1.82, 2.24) is 4.31 Å². The summed E-state index contributed by atoms with van der Waals surface area (Å²) < 4.78 is 24.7. The summed E-state index contributed by atoms with van der Waals surface area (Å²) in [5, 5.41) is 3.05. The minimum atomic E-state index is -3.12. The van der Waals surface area contributed by atoms with Crippen LogP contribution >= 0.6 is 0 Å². The van der Waals surface area contributed by atoms with Crippen LogP contribution in [-0.4, -0.2) is 51.1 Å². The standard InChI is InChI=1S/C18H27N3O3S/c1-25(23,24)21-12-10-20(11-13-21)17-9-5-8-16(14-17)19-18(22)15-6-3-2-4-7-15/h5,8-9,14-15H,2-4,6-7,10-13H2,1H3,(H,19,22). The summed E-state index contributed by atoms with van der Waals surface area (Å²) in [5.74, 6) is 0.259. The van der Waals surface area contributed by atoms with Gasteiger partial charge >= 0.3 is 0 Å². The van der Waals surface area contributed by atoms with Gasteiger partial charge in [-0.05, 0) is 31.0 Å². The number of nitrogens with zero attached hydrogens (tertiary/aromatic N) is 2. The van der Waals surface area contributed by atoms with Crippen molar-refractivity contribution in [2.24, 2.45) is 5.92 Å². The van der Waals surface area contributed by atoms with E-state index in [1.54, 1.807) is 0 Å². The van der Waals surface area contributed by atoms with Gasteiger partial charge in [-0.25, -0.2) is 8.42 Å². The molecule has 1 aliphatic heterocycles. The third-order valence-corrected chi connectivity index (χ3v) is 6.47. The normalized spacial score (nSPS) is 20.4. The van der Waals surface area contributed by atoms with E-state index < -0.39 is 10.0 Å². The first-order chi connectivity index (χ1) is 11.9. The van der Waals surface area contributed by atoms with Crippen molar-refractivity contribution >= 4 is 27.3 Å². The Morgan fingerprint density at radius 3 is 2.40 bits per heavy atom. The molecule has 1 saturated heterocycles. The molecule has 1 saturated carbocycles. The van der Waals surface area contributed by atoms with E-state index in [0.29, 0.717) is 26.2 Å². The van der Waals surface area contributed by atoms with Crippen molar-refractivity contribution in [3.8, 4) is 0 Å². The van der Waals surface area contributed by atoms with E-state index in [1.807, 2.05) is 24.3 Å². The molecule has 0 bridgehead atoms. The van der Waals surface area contributed by atoms with Gasteiger partial charge in [-0.3, -0.25) is 4.79 Å². The molecule has 0 unspecified atom stereocenters. The highest BCUT2D eigenvalue weighted by Gasteiger charge is 2.24. The molecular formula is C18H27N3O3S. The molecule has 3 rings (SSSR count). The van der Waals surface area contributed by atoms with Crippen molar-refractivity contribution in [2.75, 3.05) is 42.7 Å². The lowest BCUT2D eigenvalue weighted by Crippen LogP contribution is -2.48. The van der Waals surface area contributed by atoms with E-state index in [2.05, 4.69) is 10.2 Å². The SMILES string of the molecule is CS(=O)(=O)N1CCN(c2cccc(NC(=O)C3CCCCC3)c2)CC1. The number of piperazine rings is 1. The van der Waals surface area contributed by atoms with Gasteiger partial charge in [0, 0.05) is 43.5 Å². The zero-order valence-electron chi connectivity index (χ0n) is 14.8. The van der Waals surface area contributed by atoms with Crippen LogP contribution in [0.2, 0.25) is 0 Å². The first-order valence-corrected chi connectivity index (χ1v) is 10.9. The maximum atomic E-state index is 12.4. The molecule has 1 aliphatic carbocycles. The van der Waals surface area contributed by atoms with Gasteiger partial charge in [0.1, 0.15) is 0 Å². The largest absolute Gasteiger partial charge is 0.369 e. The molecule has 1 amide bonds. The summed E-state index contributed by atoms with van der Waals surface area (Å²) in [4.78, 5) is 14.6. The second kappa shape index (κ2) is 7.74. The minimum absolute atomic E-state index is 0.124. The first-order valence-electron chi connectivity index (χ1n) is 9.04.